The van der Waals surface area contributed by atoms with Crippen LogP contribution in [-0.2, 0) is 9.59 Å². The lowest BCUT2D eigenvalue weighted by Crippen LogP contribution is -2.12. The fourth-order valence-electron chi connectivity index (χ4n) is 2.80. The molecule has 0 aromatic carbocycles. The number of carbonyl (C=O) groups is 2. The van der Waals surface area contributed by atoms with E-state index in [0.717, 1.165) is 19.3 Å². The maximum absolute atomic E-state index is 11.9. The van der Waals surface area contributed by atoms with E-state index in [1.165, 1.54) is 25.7 Å². The van der Waals surface area contributed by atoms with Gasteiger partial charge in [0, 0.05) is 12.3 Å². The molecule has 0 spiro atoms. The van der Waals surface area contributed by atoms with Crippen molar-refractivity contribution in [2.45, 2.75) is 64.7 Å². The van der Waals surface area contributed by atoms with Crippen molar-refractivity contribution in [3.05, 3.63) is 36.5 Å². The van der Waals surface area contributed by atoms with Crippen LogP contribution in [0.5, 0.6) is 0 Å². The predicted molar refractivity (Wildman–Crippen MR) is 94.3 cm³/mol. The summed E-state index contributed by atoms with van der Waals surface area (Å²) in [7, 11) is 0. The lowest BCUT2D eigenvalue weighted by atomic mass is 9.91. The summed E-state index contributed by atoms with van der Waals surface area (Å²) in [4.78, 5) is 22.4. The molecule has 128 valence electrons. The van der Waals surface area contributed by atoms with E-state index in [1.54, 1.807) is 6.08 Å². The van der Waals surface area contributed by atoms with Gasteiger partial charge in [-0.05, 0) is 44.1 Å². The molecule has 23 heavy (non-hydrogen) atoms. The number of carboxylic acid groups (broad SMARTS) is 1. The average Bonchev–Trinajstić information content (AvgIpc) is 2.86. The number of carbonyl (C=O) groups excluding carboxylic acids is 1. The van der Waals surface area contributed by atoms with Crippen molar-refractivity contribution in [2.75, 3.05) is 0 Å². The zero-order valence-corrected chi connectivity index (χ0v) is 14.2. The molecule has 1 rings (SSSR count). The maximum atomic E-state index is 11.9. The molecule has 0 aliphatic heterocycles. The Morgan fingerprint density at radius 2 is 1.91 bits per heavy atom. The molecule has 2 unspecified atom stereocenters. The van der Waals surface area contributed by atoms with Crippen molar-refractivity contribution in [1.82, 2.24) is 0 Å². The highest BCUT2D eigenvalue weighted by Crippen LogP contribution is 2.27. The summed E-state index contributed by atoms with van der Waals surface area (Å²) in [5.41, 5.74) is 0. The average molecular weight is 318 g/mol. The Kier molecular flexibility index (Phi) is 10.0. The molecule has 0 bridgehead atoms. The molecule has 1 aliphatic carbocycles. The monoisotopic (exact) mass is 318 g/mol. The number of unbranched alkanes of at least 4 members (excludes halogenated alkanes) is 5. The van der Waals surface area contributed by atoms with Gasteiger partial charge < -0.3 is 5.11 Å². The quantitative estimate of drug-likeness (QED) is 0.403. The highest BCUT2D eigenvalue weighted by Gasteiger charge is 2.26. The zero-order valence-electron chi connectivity index (χ0n) is 14.2. The SMILES string of the molecule is CCCCCC/C=C/C1C(=O)C=CC1C/C=C\CCCC(=O)O. The smallest absolute Gasteiger partial charge is 0.303 e. The van der Waals surface area contributed by atoms with Crippen LogP contribution in [-0.4, -0.2) is 16.9 Å². The van der Waals surface area contributed by atoms with E-state index >= 15 is 0 Å². The molecule has 3 nitrogen and oxygen atoms in total. The molecular formula is C20H30O3. The molecular weight excluding hydrogens is 288 g/mol. The van der Waals surface area contributed by atoms with Crippen molar-refractivity contribution >= 4 is 11.8 Å². The standard InChI is InChI=1S/C20H30O3/c1-2-3-4-5-6-10-13-18-17(15-16-19(18)21)12-9-7-8-11-14-20(22)23/h7,9-10,13,15-18H,2-6,8,11-12,14H2,1H3,(H,22,23)/b9-7-,13-10+. The molecule has 0 fully saturated rings. The Balaban J connectivity index is 2.28. The lowest BCUT2D eigenvalue weighted by molar-refractivity contribution is -0.137. The van der Waals surface area contributed by atoms with Gasteiger partial charge in [0.1, 0.15) is 0 Å². The van der Waals surface area contributed by atoms with Crippen LogP contribution in [0.4, 0.5) is 0 Å². The highest BCUT2D eigenvalue weighted by atomic mass is 16.4. The number of ketones is 1. The van der Waals surface area contributed by atoms with Crippen LogP contribution in [0, 0.1) is 11.8 Å². The number of carboxylic acids is 1. The lowest BCUT2D eigenvalue weighted by Gasteiger charge is -2.12. The van der Waals surface area contributed by atoms with Crippen LogP contribution in [0.25, 0.3) is 0 Å². The van der Waals surface area contributed by atoms with Gasteiger partial charge in [-0.3, -0.25) is 9.59 Å². The number of hydrogen-bond donors (Lipinski definition) is 1. The zero-order chi connectivity index (χ0) is 16.9. The van der Waals surface area contributed by atoms with Crippen molar-refractivity contribution in [2.24, 2.45) is 11.8 Å². The molecule has 3 heteroatoms. The number of aliphatic carboxylic acids is 1. The summed E-state index contributed by atoms with van der Waals surface area (Å²) < 4.78 is 0. The molecule has 0 radical (unpaired) electrons. The first kappa shape index (κ1) is 19.4. The van der Waals surface area contributed by atoms with Crippen LogP contribution in [0.15, 0.2) is 36.5 Å². The van der Waals surface area contributed by atoms with Gasteiger partial charge in [-0.1, -0.05) is 56.6 Å². The van der Waals surface area contributed by atoms with Crippen molar-refractivity contribution in [3.8, 4) is 0 Å². The summed E-state index contributed by atoms with van der Waals surface area (Å²) in [6, 6.07) is 0. The summed E-state index contributed by atoms with van der Waals surface area (Å²) in [5.74, 6) is -0.291. The largest absolute Gasteiger partial charge is 0.481 e. The van der Waals surface area contributed by atoms with Gasteiger partial charge in [0.25, 0.3) is 0 Å². The third-order valence-electron chi connectivity index (χ3n) is 4.20. The van der Waals surface area contributed by atoms with Gasteiger partial charge in [0.15, 0.2) is 5.78 Å². The van der Waals surface area contributed by atoms with Crippen LogP contribution in [0.3, 0.4) is 0 Å². The Morgan fingerprint density at radius 1 is 1.13 bits per heavy atom. The van der Waals surface area contributed by atoms with Crippen molar-refractivity contribution in [1.29, 1.82) is 0 Å². The summed E-state index contributed by atoms with van der Waals surface area (Å²) in [5, 5.41) is 8.58. The third-order valence-corrected chi connectivity index (χ3v) is 4.20. The van der Waals surface area contributed by atoms with E-state index in [1.807, 2.05) is 12.2 Å². The Morgan fingerprint density at radius 3 is 2.65 bits per heavy atom. The molecule has 2 atom stereocenters. The Hall–Kier alpha value is -1.64. The van der Waals surface area contributed by atoms with E-state index in [4.69, 9.17) is 5.11 Å². The summed E-state index contributed by atoms with van der Waals surface area (Å²) >= 11 is 0. The first-order valence-corrected chi connectivity index (χ1v) is 8.90. The topological polar surface area (TPSA) is 54.4 Å². The predicted octanol–water partition coefficient (Wildman–Crippen LogP) is 5.09. The van der Waals surface area contributed by atoms with Gasteiger partial charge in [0.2, 0.25) is 0 Å². The normalized spacial score (nSPS) is 21.0. The van der Waals surface area contributed by atoms with Crippen LogP contribution >= 0.6 is 0 Å². The van der Waals surface area contributed by atoms with E-state index in [2.05, 4.69) is 25.2 Å². The second-order valence-electron chi connectivity index (χ2n) is 6.22. The first-order chi connectivity index (χ1) is 11.1. The van der Waals surface area contributed by atoms with E-state index in [-0.39, 0.29) is 24.0 Å². The number of rotatable bonds is 12. The summed E-state index contributed by atoms with van der Waals surface area (Å²) in [6.07, 6.45) is 20.6. The molecule has 1 N–H and O–H groups in total. The van der Waals surface area contributed by atoms with Crippen molar-refractivity contribution < 1.29 is 14.7 Å². The number of hydrogen-bond acceptors (Lipinski definition) is 2. The molecule has 0 heterocycles. The van der Waals surface area contributed by atoms with E-state index < -0.39 is 5.97 Å². The van der Waals surface area contributed by atoms with Gasteiger partial charge in [0.05, 0.1) is 0 Å². The van der Waals surface area contributed by atoms with Gasteiger partial charge in [-0.2, -0.15) is 0 Å². The number of allylic oxidation sites excluding steroid dienone is 6. The first-order valence-electron chi connectivity index (χ1n) is 8.90. The molecule has 0 saturated carbocycles. The van der Waals surface area contributed by atoms with Crippen LogP contribution < -0.4 is 0 Å². The molecule has 0 saturated heterocycles. The minimum Gasteiger partial charge on any atom is -0.481 e. The minimum absolute atomic E-state index is 0.00940. The van der Waals surface area contributed by atoms with Crippen LogP contribution in [0.2, 0.25) is 0 Å². The Bertz CT molecular complexity index is 446. The second-order valence-corrected chi connectivity index (χ2v) is 6.22. The minimum atomic E-state index is -0.744. The van der Waals surface area contributed by atoms with Crippen LogP contribution in [0.1, 0.15) is 64.7 Å². The molecule has 0 amide bonds. The Labute approximate surface area is 140 Å². The molecule has 0 aromatic heterocycles. The van der Waals surface area contributed by atoms with E-state index in [9.17, 15) is 9.59 Å². The van der Waals surface area contributed by atoms with Gasteiger partial charge in [-0.25, -0.2) is 0 Å². The fraction of sp³-hybridized carbons (Fsp3) is 0.600. The van der Waals surface area contributed by atoms with Gasteiger partial charge >= 0.3 is 5.97 Å². The maximum Gasteiger partial charge on any atom is 0.303 e. The molecule has 1 aliphatic rings. The fourth-order valence-corrected chi connectivity index (χ4v) is 2.80. The van der Waals surface area contributed by atoms with Gasteiger partial charge in [-0.15, -0.1) is 0 Å². The third kappa shape index (κ3) is 8.53. The highest BCUT2D eigenvalue weighted by molar-refractivity contribution is 5.95. The second kappa shape index (κ2) is 11.9. The van der Waals surface area contributed by atoms with Crippen molar-refractivity contribution in [3.63, 3.8) is 0 Å². The molecule has 0 aromatic rings. The van der Waals surface area contributed by atoms with E-state index in [0.29, 0.717) is 6.42 Å². The summed E-state index contributed by atoms with van der Waals surface area (Å²) in [6.45, 7) is 2.21.